The van der Waals surface area contributed by atoms with Crippen LogP contribution in [0.25, 0.3) is 28.2 Å². The summed E-state index contributed by atoms with van der Waals surface area (Å²) in [5.41, 5.74) is 4.42. The zero-order valence-corrected chi connectivity index (χ0v) is 15.0. The molecule has 4 aromatic rings. The first kappa shape index (κ1) is 17.1. The minimum absolute atomic E-state index is 0.0388. The van der Waals surface area contributed by atoms with E-state index >= 15 is 0 Å². The molecule has 0 aliphatic heterocycles. The van der Waals surface area contributed by atoms with Crippen LogP contribution in [0.1, 0.15) is 0 Å². The minimum Gasteiger partial charge on any atom is -0.497 e. The van der Waals surface area contributed by atoms with Crippen LogP contribution < -0.4 is 10.1 Å². The SMILES string of the molecule is COc1ccc(-c2cc3nc(-c4ccccc4)cc(NCCO)n3n2)cc1. The molecule has 0 fully saturated rings. The maximum absolute atomic E-state index is 9.20. The zero-order chi connectivity index (χ0) is 18.6. The van der Waals surface area contributed by atoms with Crippen molar-refractivity contribution >= 4 is 11.5 Å². The van der Waals surface area contributed by atoms with Crippen LogP contribution in [-0.4, -0.2) is 40.0 Å². The van der Waals surface area contributed by atoms with Crippen molar-refractivity contribution in [1.29, 1.82) is 0 Å². The molecule has 0 atom stereocenters. The van der Waals surface area contributed by atoms with Gasteiger partial charge in [0, 0.05) is 29.8 Å². The fourth-order valence-electron chi connectivity index (χ4n) is 2.94. The predicted octanol–water partition coefficient (Wildman–Crippen LogP) is 3.48. The van der Waals surface area contributed by atoms with E-state index in [2.05, 4.69) is 5.32 Å². The summed E-state index contributed by atoms with van der Waals surface area (Å²) in [5.74, 6) is 1.59. The molecule has 6 heteroatoms. The van der Waals surface area contributed by atoms with Crippen molar-refractivity contribution in [2.45, 2.75) is 0 Å². The van der Waals surface area contributed by atoms with Gasteiger partial charge in [-0.3, -0.25) is 0 Å². The Labute approximate surface area is 157 Å². The van der Waals surface area contributed by atoms with Crippen molar-refractivity contribution in [2.24, 2.45) is 0 Å². The maximum atomic E-state index is 9.20. The quantitative estimate of drug-likeness (QED) is 0.551. The Morgan fingerprint density at radius 3 is 2.41 bits per heavy atom. The predicted molar refractivity (Wildman–Crippen MR) is 106 cm³/mol. The summed E-state index contributed by atoms with van der Waals surface area (Å²) in [5, 5.41) is 17.1. The molecule has 0 bridgehead atoms. The Morgan fingerprint density at radius 1 is 0.963 bits per heavy atom. The number of methoxy groups -OCH3 is 1. The van der Waals surface area contributed by atoms with Crippen LogP contribution in [0.15, 0.2) is 66.7 Å². The summed E-state index contributed by atoms with van der Waals surface area (Å²) in [6.07, 6.45) is 0. The summed E-state index contributed by atoms with van der Waals surface area (Å²) in [7, 11) is 1.65. The number of hydrogen-bond donors (Lipinski definition) is 2. The lowest BCUT2D eigenvalue weighted by atomic mass is 10.1. The summed E-state index contributed by atoms with van der Waals surface area (Å²) < 4.78 is 6.99. The first-order valence-corrected chi connectivity index (χ1v) is 8.74. The molecular formula is C21H20N4O2. The summed E-state index contributed by atoms with van der Waals surface area (Å²) in [4.78, 5) is 4.77. The number of anilines is 1. The highest BCUT2D eigenvalue weighted by atomic mass is 16.5. The van der Waals surface area contributed by atoms with Gasteiger partial charge in [0.25, 0.3) is 0 Å². The number of ether oxygens (including phenoxy) is 1. The molecule has 2 aromatic heterocycles. The van der Waals surface area contributed by atoms with Gasteiger partial charge in [-0.25, -0.2) is 4.98 Å². The molecule has 27 heavy (non-hydrogen) atoms. The second-order valence-electron chi connectivity index (χ2n) is 6.07. The molecule has 0 aliphatic rings. The van der Waals surface area contributed by atoms with Crippen LogP contribution >= 0.6 is 0 Å². The number of nitrogens with one attached hydrogen (secondary N) is 1. The van der Waals surface area contributed by atoms with E-state index in [9.17, 15) is 5.11 Å². The fourth-order valence-corrected chi connectivity index (χ4v) is 2.94. The number of aliphatic hydroxyl groups is 1. The molecule has 2 aromatic carbocycles. The highest BCUT2D eigenvalue weighted by molar-refractivity contribution is 5.70. The third kappa shape index (κ3) is 3.47. The minimum atomic E-state index is 0.0388. The lowest BCUT2D eigenvalue weighted by molar-refractivity contribution is 0.311. The van der Waals surface area contributed by atoms with E-state index in [0.717, 1.165) is 39.7 Å². The molecule has 0 aliphatic carbocycles. The molecule has 136 valence electrons. The van der Waals surface area contributed by atoms with E-state index in [0.29, 0.717) is 6.54 Å². The molecule has 0 amide bonds. The van der Waals surface area contributed by atoms with E-state index in [4.69, 9.17) is 14.8 Å². The number of rotatable bonds is 6. The van der Waals surface area contributed by atoms with Gasteiger partial charge in [-0.05, 0) is 24.3 Å². The van der Waals surface area contributed by atoms with Crippen LogP contribution in [0.2, 0.25) is 0 Å². The van der Waals surface area contributed by atoms with Crippen molar-refractivity contribution in [1.82, 2.24) is 14.6 Å². The standard InChI is InChI=1S/C21H20N4O2/c1-27-17-9-7-16(8-10-17)19-14-21-23-18(15-5-3-2-4-6-15)13-20(22-11-12-26)25(21)24-19/h2-10,13-14,22,26H,11-12H2,1H3. The van der Waals surface area contributed by atoms with Crippen LogP contribution in [0.5, 0.6) is 5.75 Å². The normalized spacial score (nSPS) is 10.9. The van der Waals surface area contributed by atoms with Crippen LogP contribution in [-0.2, 0) is 0 Å². The van der Waals surface area contributed by atoms with Gasteiger partial charge in [0.05, 0.1) is 25.1 Å². The van der Waals surface area contributed by atoms with Crippen LogP contribution in [0.4, 0.5) is 5.82 Å². The summed E-state index contributed by atoms with van der Waals surface area (Å²) in [6, 6.07) is 21.7. The number of nitrogens with zero attached hydrogens (tertiary/aromatic N) is 3. The van der Waals surface area contributed by atoms with Gasteiger partial charge in [0.1, 0.15) is 11.6 Å². The van der Waals surface area contributed by atoms with Gasteiger partial charge in [-0.2, -0.15) is 9.61 Å². The van der Waals surface area contributed by atoms with E-state index in [1.807, 2.05) is 66.7 Å². The van der Waals surface area contributed by atoms with Crippen molar-refractivity contribution in [3.63, 3.8) is 0 Å². The third-order valence-corrected chi connectivity index (χ3v) is 4.30. The zero-order valence-electron chi connectivity index (χ0n) is 15.0. The van der Waals surface area contributed by atoms with Crippen molar-refractivity contribution in [3.05, 3.63) is 66.7 Å². The highest BCUT2D eigenvalue weighted by Gasteiger charge is 2.12. The number of aromatic nitrogens is 3. The van der Waals surface area contributed by atoms with E-state index < -0.39 is 0 Å². The monoisotopic (exact) mass is 360 g/mol. The van der Waals surface area contributed by atoms with Gasteiger partial charge >= 0.3 is 0 Å². The topological polar surface area (TPSA) is 71.7 Å². The van der Waals surface area contributed by atoms with Crippen molar-refractivity contribution in [3.8, 4) is 28.3 Å². The molecule has 0 spiro atoms. The summed E-state index contributed by atoms with van der Waals surface area (Å²) in [6.45, 7) is 0.474. The van der Waals surface area contributed by atoms with Crippen molar-refractivity contribution in [2.75, 3.05) is 25.6 Å². The maximum Gasteiger partial charge on any atom is 0.158 e. The number of benzene rings is 2. The van der Waals surface area contributed by atoms with Gasteiger partial charge in [-0.15, -0.1) is 0 Å². The molecule has 0 unspecified atom stereocenters. The number of fused-ring (bicyclic) bond motifs is 1. The average molecular weight is 360 g/mol. The second-order valence-corrected chi connectivity index (χ2v) is 6.07. The van der Waals surface area contributed by atoms with E-state index in [1.165, 1.54) is 0 Å². The van der Waals surface area contributed by atoms with E-state index in [1.54, 1.807) is 11.6 Å². The molecule has 0 saturated carbocycles. The molecule has 2 N–H and O–H groups in total. The van der Waals surface area contributed by atoms with Gasteiger partial charge in [0.15, 0.2) is 5.65 Å². The van der Waals surface area contributed by atoms with Crippen LogP contribution in [0, 0.1) is 0 Å². The van der Waals surface area contributed by atoms with Crippen LogP contribution in [0.3, 0.4) is 0 Å². The smallest absolute Gasteiger partial charge is 0.158 e. The molecule has 0 radical (unpaired) electrons. The van der Waals surface area contributed by atoms with Gasteiger partial charge < -0.3 is 15.2 Å². The molecule has 4 rings (SSSR count). The number of hydrogen-bond acceptors (Lipinski definition) is 5. The first-order valence-electron chi connectivity index (χ1n) is 8.74. The third-order valence-electron chi connectivity index (χ3n) is 4.30. The molecule has 6 nitrogen and oxygen atoms in total. The average Bonchev–Trinajstić information content (AvgIpc) is 3.17. The lowest BCUT2D eigenvalue weighted by Gasteiger charge is -2.09. The Morgan fingerprint density at radius 2 is 1.70 bits per heavy atom. The Hall–Kier alpha value is -3.38. The summed E-state index contributed by atoms with van der Waals surface area (Å²) >= 11 is 0. The molecule has 0 saturated heterocycles. The number of aliphatic hydroxyl groups excluding tert-OH is 1. The van der Waals surface area contributed by atoms with Gasteiger partial charge in [-0.1, -0.05) is 30.3 Å². The Kier molecular flexibility index (Phi) is 4.72. The van der Waals surface area contributed by atoms with Gasteiger partial charge in [0.2, 0.25) is 0 Å². The largest absolute Gasteiger partial charge is 0.497 e. The highest BCUT2D eigenvalue weighted by Crippen LogP contribution is 2.26. The second kappa shape index (κ2) is 7.47. The van der Waals surface area contributed by atoms with Crippen molar-refractivity contribution < 1.29 is 9.84 Å². The Bertz CT molecular complexity index is 1040. The fraction of sp³-hybridized carbons (Fsp3) is 0.143. The molecular weight excluding hydrogens is 340 g/mol. The first-order chi connectivity index (χ1) is 13.3. The van der Waals surface area contributed by atoms with E-state index in [-0.39, 0.29) is 6.61 Å². The lowest BCUT2D eigenvalue weighted by Crippen LogP contribution is -2.10. The molecule has 2 heterocycles. The Balaban J connectivity index is 1.82.